The molecule has 0 bridgehead atoms. The minimum atomic E-state index is -0.0762. The lowest BCUT2D eigenvalue weighted by Crippen LogP contribution is -2.19. The second-order valence-electron chi connectivity index (χ2n) is 5.74. The Kier molecular flexibility index (Phi) is 6.36. The first-order chi connectivity index (χ1) is 11.1. The summed E-state index contributed by atoms with van der Waals surface area (Å²) in [5.74, 6) is 1.01. The van der Waals surface area contributed by atoms with Crippen LogP contribution in [0, 0.1) is 5.92 Å². The highest BCUT2D eigenvalue weighted by Gasteiger charge is 2.02. The van der Waals surface area contributed by atoms with E-state index in [1.165, 1.54) is 0 Å². The number of benzene rings is 2. The Labute approximate surface area is 137 Å². The number of amides is 1. The fourth-order valence-electron chi connectivity index (χ4n) is 2.02. The predicted molar refractivity (Wildman–Crippen MR) is 92.4 cm³/mol. The average Bonchev–Trinajstić information content (AvgIpc) is 2.54. The molecule has 0 radical (unpaired) electrons. The number of carbonyl (C=O) groups is 1. The molecule has 1 N–H and O–H groups in total. The number of nitrogens with one attached hydrogen (secondary N) is 1. The number of carbonyl (C=O) groups excluding carboxylic acids is 1. The molecule has 1 amide bonds. The lowest BCUT2D eigenvalue weighted by molar-refractivity contribution is -0.121. The van der Waals surface area contributed by atoms with Crippen LogP contribution in [-0.4, -0.2) is 12.1 Å². The van der Waals surface area contributed by atoms with Gasteiger partial charge in [-0.1, -0.05) is 56.3 Å². The van der Waals surface area contributed by atoms with Gasteiger partial charge in [-0.2, -0.15) is 5.10 Å². The number of ether oxygens (including phenoxy) is 1. The van der Waals surface area contributed by atoms with E-state index in [1.807, 2.05) is 68.4 Å². The smallest absolute Gasteiger partial charge is 0.240 e. The topological polar surface area (TPSA) is 50.7 Å². The molecule has 0 aromatic heterocycles. The molecule has 0 heterocycles. The van der Waals surface area contributed by atoms with Crippen molar-refractivity contribution in [3.8, 4) is 5.75 Å². The molecular formula is C19H22N2O2. The fourth-order valence-corrected chi connectivity index (χ4v) is 2.02. The average molecular weight is 310 g/mol. The summed E-state index contributed by atoms with van der Waals surface area (Å²) in [6, 6.07) is 17.6. The van der Waals surface area contributed by atoms with Gasteiger partial charge in [0, 0.05) is 6.42 Å². The Morgan fingerprint density at radius 1 is 1.17 bits per heavy atom. The van der Waals surface area contributed by atoms with E-state index < -0.39 is 0 Å². The van der Waals surface area contributed by atoms with E-state index in [-0.39, 0.29) is 5.91 Å². The van der Waals surface area contributed by atoms with Crippen LogP contribution in [0.2, 0.25) is 0 Å². The molecule has 0 saturated carbocycles. The van der Waals surface area contributed by atoms with Gasteiger partial charge in [-0.3, -0.25) is 4.79 Å². The van der Waals surface area contributed by atoms with Crippen LogP contribution in [0.4, 0.5) is 0 Å². The van der Waals surface area contributed by atoms with Crippen molar-refractivity contribution in [1.82, 2.24) is 5.43 Å². The molecule has 23 heavy (non-hydrogen) atoms. The zero-order valence-electron chi connectivity index (χ0n) is 13.5. The van der Waals surface area contributed by atoms with Crippen LogP contribution < -0.4 is 10.2 Å². The van der Waals surface area contributed by atoms with Crippen molar-refractivity contribution >= 4 is 12.1 Å². The third-order valence-corrected chi connectivity index (χ3v) is 3.10. The molecule has 0 unspecified atom stereocenters. The van der Waals surface area contributed by atoms with Crippen LogP contribution in [0.5, 0.6) is 5.75 Å². The zero-order valence-corrected chi connectivity index (χ0v) is 13.5. The van der Waals surface area contributed by atoms with Crippen LogP contribution in [0.25, 0.3) is 0 Å². The third kappa shape index (κ3) is 6.34. The summed E-state index contributed by atoms with van der Waals surface area (Å²) in [4.78, 5) is 11.5. The van der Waals surface area contributed by atoms with Gasteiger partial charge in [0.05, 0.1) is 6.21 Å². The third-order valence-electron chi connectivity index (χ3n) is 3.10. The van der Waals surface area contributed by atoms with Gasteiger partial charge in [-0.05, 0) is 29.2 Å². The molecule has 0 aliphatic rings. The zero-order chi connectivity index (χ0) is 16.5. The van der Waals surface area contributed by atoms with Crippen molar-refractivity contribution in [3.63, 3.8) is 0 Å². The SMILES string of the molecule is CC(C)CC(=O)NN=Cc1cccc(OCc2ccccc2)c1. The maximum Gasteiger partial charge on any atom is 0.240 e. The van der Waals surface area contributed by atoms with Crippen molar-refractivity contribution in [3.05, 3.63) is 65.7 Å². The quantitative estimate of drug-likeness (QED) is 0.625. The van der Waals surface area contributed by atoms with E-state index >= 15 is 0 Å². The molecule has 0 spiro atoms. The first-order valence-electron chi connectivity index (χ1n) is 7.72. The summed E-state index contributed by atoms with van der Waals surface area (Å²) in [6.07, 6.45) is 2.09. The van der Waals surface area contributed by atoms with E-state index in [0.29, 0.717) is 18.9 Å². The van der Waals surface area contributed by atoms with Crippen molar-refractivity contribution in [2.75, 3.05) is 0 Å². The van der Waals surface area contributed by atoms with Gasteiger partial charge in [0.1, 0.15) is 12.4 Å². The predicted octanol–water partition coefficient (Wildman–Crippen LogP) is 3.76. The largest absolute Gasteiger partial charge is 0.489 e. The molecule has 120 valence electrons. The van der Waals surface area contributed by atoms with Gasteiger partial charge in [-0.15, -0.1) is 0 Å². The highest BCUT2D eigenvalue weighted by molar-refractivity contribution is 5.82. The van der Waals surface area contributed by atoms with Gasteiger partial charge in [0.2, 0.25) is 5.91 Å². The molecule has 4 heteroatoms. The van der Waals surface area contributed by atoms with Crippen LogP contribution in [0.15, 0.2) is 59.7 Å². The van der Waals surface area contributed by atoms with Crippen molar-refractivity contribution in [2.24, 2.45) is 11.0 Å². The second-order valence-corrected chi connectivity index (χ2v) is 5.74. The first-order valence-corrected chi connectivity index (χ1v) is 7.72. The first kappa shape index (κ1) is 16.7. The molecule has 2 rings (SSSR count). The Hall–Kier alpha value is -2.62. The van der Waals surface area contributed by atoms with Gasteiger partial charge in [0.15, 0.2) is 0 Å². The summed E-state index contributed by atoms with van der Waals surface area (Å²) >= 11 is 0. The monoisotopic (exact) mass is 310 g/mol. The maximum atomic E-state index is 11.5. The Morgan fingerprint density at radius 2 is 1.96 bits per heavy atom. The van der Waals surface area contributed by atoms with E-state index in [1.54, 1.807) is 6.21 Å². The normalized spacial score (nSPS) is 10.9. The number of hydrogen-bond donors (Lipinski definition) is 1. The Morgan fingerprint density at radius 3 is 2.70 bits per heavy atom. The van der Waals surface area contributed by atoms with Gasteiger partial charge >= 0.3 is 0 Å². The molecule has 2 aromatic rings. The van der Waals surface area contributed by atoms with Gasteiger partial charge < -0.3 is 4.74 Å². The number of nitrogens with zero attached hydrogens (tertiary/aromatic N) is 1. The number of rotatable bonds is 7. The highest BCUT2D eigenvalue weighted by Crippen LogP contribution is 2.14. The molecule has 2 aromatic carbocycles. The molecule has 0 aliphatic heterocycles. The Bertz CT molecular complexity index is 651. The molecule has 0 saturated heterocycles. The van der Waals surface area contributed by atoms with Crippen LogP contribution in [0.3, 0.4) is 0 Å². The Balaban J connectivity index is 1.88. The molecule has 0 fully saturated rings. The summed E-state index contributed by atoms with van der Waals surface area (Å²) in [6.45, 7) is 4.51. The maximum absolute atomic E-state index is 11.5. The lowest BCUT2D eigenvalue weighted by atomic mass is 10.1. The van der Waals surface area contributed by atoms with E-state index in [2.05, 4.69) is 10.5 Å². The minimum Gasteiger partial charge on any atom is -0.489 e. The fraction of sp³-hybridized carbons (Fsp3) is 0.263. The van der Waals surface area contributed by atoms with Gasteiger partial charge in [0.25, 0.3) is 0 Å². The van der Waals surface area contributed by atoms with Crippen molar-refractivity contribution in [2.45, 2.75) is 26.9 Å². The summed E-state index contributed by atoms with van der Waals surface area (Å²) in [5.41, 5.74) is 4.52. The van der Waals surface area contributed by atoms with Crippen LogP contribution in [-0.2, 0) is 11.4 Å². The molecule has 0 aliphatic carbocycles. The van der Waals surface area contributed by atoms with E-state index in [4.69, 9.17) is 4.74 Å². The lowest BCUT2D eigenvalue weighted by Gasteiger charge is -2.07. The molecular weight excluding hydrogens is 288 g/mol. The van der Waals surface area contributed by atoms with Crippen LogP contribution >= 0.6 is 0 Å². The van der Waals surface area contributed by atoms with E-state index in [9.17, 15) is 4.79 Å². The molecule has 0 atom stereocenters. The summed E-state index contributed by atoms with van der Waals surface area (Å²) < 4.78 is 5.76. The minimum absolute atomic E-state index is 0.0762. The standard InChI is InChI=1S/C19H22N2O2/c1-15(2)11-19(22)21-20-13-17-9-6-10-18(12-17)23-14-16-7-4-3-5-8-16/h3-10,12-13,15H,11,14H2,1-2H3,(H,21,22). The number of hydrogen-bond acceptors (Lipinski definition) is 3. The van der Waals surface area contributed by atoms with Crippen molar-refractivity contribution < 1.29 is 9.53 Å². The summed E-state index contributed by atoms with van der Waals surface area (Å²) in [7, 11) is 0. The van der Waals surface area contributed by atoms with Crippen molar-refractivity contribution in [1.29, 1.82) is 0 Å². The highest BCUT2D eigenvalue weighted by atomic mass is 16.5. The summed E-state index contributed by atoms with van der Waals surface area (Å²) in [5, 5.41) is 3.97. The van der Waals surface area contributed by atoms with E-state index in [0.717, 1.165) is 16.9 Å². The number of hydrazone groups is 1. The van der Waals surface area contributed by atoms with Gasteiger partial charge in [-0.25, -0.2) is 5.43 Å². The molecule has 4 nitrogen and oxygen atoms in total. The second kappa shape index (κ2) is 8.73. The van der Waals surface area contributed by atoms with Crippen LogP contribution in [0.1, 0.15) is 31.4 Å².